The van der Waals surface area contributed by atoms with E-state index in [-0.39, 0.29) is 11.4 Å². The van der Waals surface area contributed by atoms with Crippen molar-refractivity contribution >= 4 is 32.7 Å². The summed E-state index contributed by atoms with van der Waals surface area (Å²) >= 11 is 5.92. The van der Waals surface area contributed by atoms with Crippen molar-refractivity contribution < 1.29 is 8.42 Å². The number of nitrogens with zero attached hydrogens (tertiary/aromatic N) is 2. The molecule has 4 aromatic rings. The summed E-state index contributed by atoms with van der Waals surface area (Å²) in [5.74, 6) is 0. The van der Waals surface area contributed by atoms with Gasteiger partial charge in [0.05, 0.1) is 5.69 Å². The first kappa shape index (κ1) is 16.8. The first-order valence-corrected chi connectivity index (χ1v) is 9.61. The van der Waals surface area contributed by atoms with Gasteiger partial charge in [0.25, 0.3) is 0 Å². The Morgan fingerprint density at radius 3 is 2.88 bits per heavy atom. The summed E-state index contributed by atoms with van der Waals surface area (Å²) in [7, 11) is -3.67. The van der Waals surface area contributed by atoms with E-state index in [2.05, 4.69) is 24.9 Å². The third kappa shape index (κ3) is 3.22. The van der Waals surface area contributed by atoms with Gasteiger partial charge in [-0.3, -0.25) is 5.10 Å². The molecular formula is C17H14ClN5O2S. The monoisotopic (exact) mass is 387 g/mol. The zero-order valence-corrected chi connectivity index (χ0v) is 15.0. The van der Waals surface area contributed by atoms with Crippen LogP contribution in [0.5, 0.6) is 0 Å². The van der Waals surface area contributed by atoms with Crippen LogP contribution in [0.3, 0.4) is 0 Å². The molecule has 0 saturated carbocycles. The second kappa shape index (κ2) is 6.56. The number of rotatable bonds is 5. The number of hydrogen-bond acceptors (Lipinski definition) is 4. The molecular weight excluding hydrogens is 374 g/mol. The lowest BCUT2D eigenvalue weighted by Gasteiger charge is -2.05. The maximum Gasteiger partial charge on any atom is 0.242 e. The van der Waals surface area contributed by atoms with Crippen LogP contribution in [0.15, 0.2) is 59.8 Å². The topological polar surface area (TPSA) is 104 Å². The van der Waals surface area contributed by atoms with E-state index in [1.165, 1.54) is 6.20 Å². The zero-order valence-electron chi connectivity index (χ0n) is 13.4. The largest absolute Gasteiger partial charge is 0.359 e. The van der Waals surface area contributed by atoms with Crippen molar-refractivity contribution in [2.75, 3.05) is 0 Å². The molecule has 3 heterocycles. The van der Waals surface area contributed by atoms with Gasteiger partial charge in [-0.1, -0.05) is 23.7 Å². The summed E-state index contributed by atoms with van der Waals surface area (Å²) in [4.78, 5) is 7.28. The second-order valence-corrected chi connectivity index (χ2v) is 7.88. The molecule has 3 aromatic heterocycles. The molecule has 0 unspecified atom stereocenters. The Morgan fingerprint density at radius 1 is 1.15 bits per heavy atom. The first-order chi connectivity index (χ1) is 12.5. The molecule has 132 valence electrons. The van der Waals surface area contributed by atoms with Crippen LogP contribution in [0, 0.1) is 0 Å². The van der Waals surface area contributed by atoms with E-state index < -0.39 is 10.0 Å². The summed E-state index contributed by atoms with van der Waals surface area (Å²) in [6.45, 7) is 0.151. The summed E-state index contributed by atoms with van der Waals surface area (Å²) < 4.78 is 27.6. The van der Waals surface area contributed by atoms with E-state index in [0.29, 0.717) is 22.1 Å². The highest BCUT2D eigenvalue weighted by Crippen LogP contribution is 2.26. The van der Waals surface area contributed by atoms with Crippen LogP contribution in [0.4, 0.5) is 0 Å². The second-order valence-electron chi connectivity index (χ2n) is 5.68. The van der Waals surface area contributed by atoms with Crippen LogP contribution in [0.25, 0.3) is 22.4 Å². The fourth-order valence-electron chi connectivity index (χ4n) is 2.63. The average molecular weight is 388 g/mol. The van der Waals surface area contributed by atoms with Crippen molar-refractivity contribution in [3.63, 3.8) is 0 Å². The number of benzene rings is 1. The van der Waals surface area contributed by atoms with Crippen LogP contribution >= 0.6 is 11.6 Å². The number of halogens is 1. The van der Waals surface area contributed by atoms with Gasteiger partial charge in [0.2, 0.25) is 10.0 Å². The molecule has 3 N–H and O–H groups in total. The molecule has 0 aliphatic carbocycles. The molecule has 7 nitrogen and oxygen atoms in total. The van der Waals surface area contributed by atoms with Crippen molar-refractivity contribution in [3.05, 3.63) is 65.4 Å². The van der Waals surface area contributed by atoms with Crippen LogP contribution in [0.1, 0.15) is 5.56 Å². The zero-order chi connectivity index (χ0) is 18.1. The standard InChI is InChI=1S/C17H14ClN5O2S/c18-12-4-1-3-11(7-12)9-21-26(24,25)13-8-15(20-10-13)16-14-5-2-6-19-17(14)23-22-16/h1-8,10,20-21H,9H2,(H,19,22,23). The maximum absolute atomic E-state index is 12.5. The number of H-pyrrole nitrogens is 2. The van der Waals surface area contributed by atoms with E-state index in [1.54, 1.807) is 42.6 Å². The predicted molar refractivity (Wildman–Crippen MR) is 99.2 cm³/mol. The minimum atomic E-state index is -3.67. The number of hydrogen-bond donors (Lipinski definition) is 3. The highest BCUT2D eigenvalue weighted by atomic mass is 35.5. The number of fused-ring (bicyclic) bond motifs is 1. The normalized spacial score (nSPS) is 11.9. The van der Waals surface area contributed by atoms with Gasteiger partial charge in [0, 0.05) is 29.3 Å². The number of nitrogens with one attached hydrogen (secondary N) is 3. The molecule has 26 heavy (non-hydrogen) atoms. The van der Waals surface area contributed by atoms with E-state index in [0.717, 1.165) is 10.9 Å². The third-order valence-electron chi connectivity index (χ3n) is 3.91. The van der Waals surface area contributed by atoms with E-state index in [9.17, 15) is 8.42 Å². The fraction of sp³-hybridized carbons (Fsp3) is 0.0588. The van der Waals surface area contributed by atoms with Gasteiger partial charge in [0.15, 0.2) is 5.65 Å². The summed E-state index contributed by atoms with van der Waals surface area (Å²) in [5.41, 5.74) is 2.62. The van der Waals surface area contributed by atoms with Crippen LogP contribution in [-0.2, 0) is 16.6 Å². The van der Waals surface area contributed by atoms with E-state index in [1.807, 2.05) is 6.07 Å². The third-order valence-corrected chi connectivity index (χ3v) is 5.53. The molecule has 4 rings (SSSR count). The van der Waals surface area contributed by atoms with Crippen LogP contribution < -0.4 is 4.72 Å². The molecule has 0 aliphatic heterocycles. The Labute approximate surface area is 154 Å². The lowest BCUT2D eigenvalue weighted by Crippen LogP contribution is -2.22. The van der Waals surface area contributed by atoms with Crippen molar-refractivity contribution in [1.29, 1.82) is 0 Å². The van der Waals surface area contributed by atoms with Crippen LogP contribution in [0.2, 0.25) is 5.02 Å². The average Bonchev–Trinajstić information content (AvgIpc) is 3.27. The predicted octanol–water partition coefficient (Wildman–Crippen LogP) is 3.08. The number of pyridine rings is 1. The molecule has 1 aromatic carbocycles. The van der Waals surface area contributed by atoms with Gasteiger partial charge < -0.3 is 4.98 Å². The summed E-state index contributed by atoms with van der Waals surface area (Å²) in [6, 6.07) is 12.2. The highest BCUT2D eigenvalue weighted by Gasteiger charge is 2.18. The summed E-state index contributed by atoms with van der Waals surface area (Å²) in [5, 5.41) is 8.41. The molecule has 0 fully saturated rings. The lowest BCUT2D eigenvalue weighted by molar-refractivity contribution is 0.581. The van der Waals surface area contributed by atoms with Gasteiger partial charge in [-0.2, -0.15) is 5.10 Å². The Bertz CT molecular complexity index is 1180. The Hall–Kier alpha value is -2.68. The van der Waals surface area contributed by atoms with Crippen molar-refractivity contribution in [2.45, 2.75) is 11.4 Å². The van der Waals surface area contributed by atoms with Crippen LogP contribution in [-0.4, -0.2) is 28.6 Å². The molecule has 0 amide bonds. The number of sulfonamides is 1. The number of aromatic nitrogens is 4. The van der Waals surface area contributed by atoms with Crippen molar-refractivity contribution in [3.8, 4) is 11.4 Å². The van der Waals surface area contributed by atoms with Crippen molar-refractivity contribution in [2.24, 2.45) is 0 Å². The Morgan fingerprint density at radius 2 is 2.04 bits per heavy atom. The lowest BCUT2D eigenvalue weighted by atomic mass is 10.2. The summed E-state index contributed by atoms with van der Waals surface area (Å²) in [6.07, 6.45) is 3.10. The molecule has 0 radical (unpaired) electrons. The molecule has 0 atom stereocenters. The van der Waals surface area contributed by atoms with Gasteiger partial charge in [-0.25, -0.2) is 18.1 Å². The number of aromatic amines is 2. The Kier molecular flexibility index (Phi) is 4.23. The van der Waals surface area contributed by atoms with Crippen molar-refractivity contribution in [1.82, 2.24) is 24.9 Å². The minimum absolute atomic E-state index is 0.134. The molecule has 0 spiro atoms. The SMILES string of the molecule is O=S(=O)(NCc1cccc(Cl)c1)c1c[nH]c(-c2n[nH]c3ncccc23)c1. The quantitative estimate of drug-likeness (QED) is 0.489. The van der Waals surface area contributed by atoms with Gasteiger partial charge in [0.1, 0.15) is 10.6 Å². The maximum atomic E-state index is 12.5. The molecule has 0 aliphatic rings. The van der Waals surface area contributed by atoms with Gasteiger partial charge >= 0.3 is 0 Å². The molecule has 9 heteroatoms. The fourth-order valence-corrected chi connectivity index (χ4v) is 3.86. The highest BCUT2D eigenvalue weighted by molar-refractivity contribution is 7.89. The Balaban J connectivity index is 1.58. The van der Waals surface area contributed by atoms with E-state index in [4.69, 9.17) is 11.6 Å². The van der Waals surface area contributed by atoms with E-state index >= 15 is 0 Å². The van der Waals surface area contributed by atoms with Gasteiger partial charge in [-0.15, -0.1) is 0 Å². The van der Waals surface area contributed by atoms with Gasteiger partial charge in [-0.05, 0) is 35.9 Å². The smallest absolute Gasteiger partial charge is 0.242 e. The molecule has 0 saturated heterocycles. The molecule has 0 bridgehead atoms. The minimum Gasteiger partial charge on any atom is -0.359 e. The first-order valence-electron chi connectivity index (χ1n) is 7.75.